The van der Waals surface area contributed by atoms with Gasteiger partial charge in [-0.25, -0.2) is 0 Å². The van der Waals surface area contributed by atoms with Crippen molar-refractivity contribution in [3.63, 3.8) is 0 Å². The van der Waals surface area contributed by atoms with Gasteiger partial charge < -0.3 is 5.02 Å². The molecule has 0 aromatic rings. The summed E-state index contributed by atoms with van der Waals surface area (Å²) < 4.78 is 0. The minimum atomic E-state index is 0.431. The SMILES string of the molecule is O[B][C@@H]1CC=CCC1. The van der Waals surface area contributed by atoms with E-state index in [4.69, 9.17) is 5.02 Å². The van der Waals surface area contributed by atoms with Crippen LogP contribution in [0.25, 0.3) is 0 Å². The Morgan fingerprint density at radius 3 is 2.75 bits per heavy atom. The van der Waals surface area contributed by atoms with Gasteiger partial charge in [0, 0.05) is 0 Å². The van der Waals surface area contributed by atoms with E-state index >= 15 is 0 Å². The Balaban J connectivity index is 2.27. The highest BCUT2D eigenvalue weighted by Crippen LogP contribution is 2.21. The van der Waals surface area contributed by atoms with Crippen molar-refractivity contribution >= 4 is 7.48 Å². The Labute approximate surface area is 50.7 Å². The van der Waals surface area contributed by atoms with Crippen LogP contribution in [0.1, 0.15) is 19.3 Å². The first kappa shape index (κ1) is 5.89. The maximum atomic E-state index is 8.53. The number of rotatable bonds is 1. The molecule has 1 aliphatic carbocycles. The molecule has 0 aromatic heterocycles. The summed E-state index contributed by atoms with van der Waals surface area (Å²) in [6, 6.07) is 0. The van der Waals surface area contributed by atoms with Crippen LogP contribution in [0.15, 0.2) is 12.2 Å². The van der Waals surface area contributed by atoms with Crippen molar-refractivity contribution in [3.8, 4) is 0 Å². The summed E-state index contributed by atoms with van der Waals surface area (Å²) in [4.78, 5) is 0. The van der Waals surface area contributed by atoms with Gasteiger partial charge in [0.1, 0.15) is 0 Å². The third kappa shape index (κ3) is 1.37. The maximum Gasteiger partial charge on any atom is 0.290 e. The van der Waals surface area contributed by atoms with Crippen molar-refractivity contribution < 1.29 is 5.02 Å². The standard InChI is InChI=1S/C6H10BO/c8-7-6-4-2-1-3-5-6/h1-2,6,8H,3-5H2/t6-/m1/s1. The van der Waals surface area contributed by atoms with E-state index in [1.165, 1.54) is 7.48 Å². The van der Waals surface area contributed by atoms with E-state index in [1.54, 1.807) is 0 Å². The van der Waals surface area contributed by atoms with Gasteiger partial charge in [-0.2, -0.15) is 0 Å². The van der Waals surface area contributed by atoms with Gasteiger partial charge in [0.05, 0.1) is 0 Å². The lowest BCUT2D eigenvalue weighted by molar-refractivity contribution is 0.557. The summed E-state index contributed by atoms with van der Waals surface area (Å²) in [5.41, 5.74) is 0. The van der Waals surface area contributed by atoms with Gasteiger partial charge in [-0.05, 0) is 18.7 Å². The Kier molecular flexibility index (Phi) is 2.16. The number of hydrogen-bond donors (Lipinski definition) is 1. The lowest BCUT2D eigenvalue weighted by Gasteiger charge is -2.11. The number of hydrogen-bond acceptors (Lipinski definition) is 1. The van der Waals surface area contributed by atoms with Crippen LogP contribution in [-0.2, 0) is 0 Å². The molecule has 1 nitrogen and oxygen atoms in total. The lowest BCUT2D eigenvalue weighted by atomic mass is 9.73. The fourth-order valence-corrected chi connectivity index (χ4v) is 0.952. The van der Waals surface area contributed by atoms with Crippen molar-refractivity contribution in [2.24, 2.45) is 0 Å². The van der Waals surface area contributed by atoms with Crippen LogP contribution in [0.2, 0.25) is 5.82 Å². The normalized spacial score (nSPS) is 27.9. The quantitative estimate of drug-likeness (QED) is 0.395. The Hall–Kier alpha value is -0.235. The monoisotopic (exact) mass is 109 g/mol. The molecule has 1 rings (SSSR count). The minimum absolute atomic E-state index is 0.431. The fraction of sp³-hybridized carbons (Fsp3) is 0.667. The van der Waals surface area contributed by atoms with Crippen LogP contribution < -0.4 is 0 Å². The van der Waals surface area contributed by atoms with E-state index in [1.807, 2.05) is 0 Å². The summed E-state index contributed by atoms with van der Waals surface area (Å²) in [7, 11) is 1.31. The smallest absolute Gasteiger partial charge is 0.290 e. The molecule has 0 saturated heterocycles. The third-order valence-corrected chi connectivity index (χ3v) is 1.52. The van der Waals surface area contributed by atoms with Crippen LogP contribution in [0.4, 0.5) is 0 Å². The summed E-state index contributed by atoms with van der Waals surface area (Å²) >= 11 is 0. The second kappa shape index (κ2) is 2.93. The highest BCUT2D eigenvalue weighted by Gasteiger charge is 2.08. The van der Waals surface area contributed by atoms with Gasteiger partial charge in [-0.3, -0.25) is 0 Å². The van der Waals surface area contributed by atoms with E-state index < -0.39 is 0 Å². The summed E-state index contributed by atoms with van der Waals surface area (Å²) in [5.74, 6) is 0.431. The van der Waals surface area contributed by atoms with Gasteiger partial charge >= 0.3 is 0 Å². The largest absolute Gasteiger partial charge is 0.454 e. The molecule has 0 fully saturated rings. The molecule has 0 bridgehead atoms. The van der Waals surface area contributed by atoms with Crippen LogP contribution in [0.5, 0.6) is 0 Å². The average molecular weight is 109 g/mol. The zero-order valence-corrected chi connectivity index (χ0v) is 4.88. The van der Waals surface area contributed by atoms with Crippen LogP contribution >= 0.6 is 0 Å². The first-order valence-corrected chi connectivity index (χ1v) is 3.06. The van der Waals surface area contributed by atoms with E-state index in [9.17, 15) is 0 Å². The molecular formula is C6H10BO. The summed E-state index contributed by atoms with van der Waals surface area (Å²) in [5, 5.41) is 8.53. The van der Waals surface area contributed by atoms with Crippen LogP contribution in [0, 0.1) is 0 Å². The molecular weight excluding hydrogens is 98.9 g/mol. The van der Waals surface area contributed by atoms with E-state index in [-0.39, 0.29) is 0 Å². The Morgan fingerprint density at radius 1 is 1.50 bits per heavy atom. The molecule has 1 radical (unpaired) electrons. The van der Waals surface area contributed by atoms with Crippen molar-refractivity contribution in [2.75, 3.05) is 0 Å². The van der Waals surface area contributed by atoms with E-state index in [0.29, 0.717) is 5.82 Å². The fourth-order valence-electron chi connectivity index (χ4n) is 0.952. The van der Waals surface area contributed by atoms with Gasteiger partial charge in [0.15, 0.2) is 0 Å². The number of allylic oxidation sites excluding steroid dienone is 2. The molecule has 0 unspecified atom stereocenters. The predicted molar refractivity (Wildman–Crippen MR) is 34.7 cm³/mol. The summed E-state index contributed by atoms with van der Waals surface area (Å²) in [6.07, 6.45) is 7.56. The molecule has 0 heterocycles. The molecule has 0 aliphatic heterocycles. The topological polar surface area (TPSA) is 20.2 Å². The van der Waals surface area contributed by atoms with Crippen LogP contribution in [-0.4, -0.2) is 12.5 Å². The first-order valence-electron chi connectivity index (χ1n) is 3.06. The molecule has 1 aliphatic rings. The third-order valence-electron chi connectivity index (χ3n) is 1.52. The van der Waals surface area contributed by atoms with Crippen molar-refractivity contribution in [1.29, 1.82) is 0 Å². The van der Waals surface area contributed by atoms with Crippen molar-refractivity contribution in [2.45, 2.75) is 25.1 Å². The minimum Gasteiger partial charge on any atom is -0.454 e. The Morgan fingerprint density at radius 2 is 2.38 bits per heavy atom. The zero-order chi connectivity index (χ0) is 5.82. The molecule has 1 N–H and O–H groups in total. The molecule has 8 heavy (non-hydrogen) atoms. The van der Waals surface area contributed by atoms with E-state index in [0.717, 1.165) is 19.3 Å². The van der Waals surface area contributed by atoms with Gasteiger partial charge in [-0.15, -0.1) is 0 Å². The van der Waals surface area contributed by atoms with Crippen LogP contribution in [0.3, 0.4) is 0 Å². The zero-order valence-electron chi connectivity index (χ0n) is 4.88. The van der Waals surface area contributed by atoms with Gasteiger partial charge in [0.2, 0.25) is 0 Å². The average Bonchev–Trinajstić information content (AvgIpc) is 1.90. The molecule has 0 aromatic carbocycles. The van der Waals surface area contributed by atoms with Gasteiger partial charge in [0.25, 0.3) is 7.48 Å². The highest BCUT2D eigenvalue weighted by atomic mass is 16.2. The molecule has 1 atom stereocenters. The summed E-state index contributed by atoms with van der Waals surface area (Å²) in [6.45, 7) is 0. The van der Waals surface area contributed by atoms with Gasteiger partial charge in [-0.1, -0.05) is 18.6 Å². The molecule has 43 valence electrons. The second-order valence-corrected chi connectivity index (χ2v) is 2.19. The van der Waals surface area contributed by atoms with E-state index in [2.05, 4.69) is 12.2 Å². The molecule has 2 heteroatoms. The lowest BCUT2D eigenvalue weighted by Crippen LogP contribution is -2.03. The highest BCUT2D eigenvalue weighted by molar-refractivity contribution is 6.27. The molecule has 0 spiro atoms. The predicted octanol–water partition coefficient (Wildman–Crippen LogP) is 1.13. The Bertz CT molecular complexity index is 90.5. The maximum absolute atomic E-state index is 8.53. The van der Waals surface area contributed by atoms with Crippen molar-refractivity contribution in [1.82, 2.24) is 0 Å². The second-order valence-electron chi connectivity index (χ2n) is 2.19. The first-order chi connectivity index (χ1) is 3.93. The molecule has 0 saturated carbocycles. The molecule has 0 amide bonds. The van der Waals surface area contributed by atoms with Crippen molar-refractivity contribution in [3.05, 3.63) is 12.2 Å².